The number of ether oxygens (including phenoxy) is 1. The van der Waals surface area contributed by atoms with Gasteiger partial charge in [0.15, 0.2) is 0 Å². The molecule has 0 aromatic rings. The first-order chi connectivity index (χ1) is 6.41. The summed E-state index contributed by atoms with van der Waals surface area (Å²) in [6.45, 7) is 5.28. The first kappa shape index (κ1) is 12.9. The van der Waals surface area contributed by atoms with E-state index in [1.807, 2.05) is 0 Å². The van der Waals surface area contributed by atoms with E-state index in [-0.39, 0.29) is 5.91 Å². The van der Waals surface area contributed by atoms with Crippen molar-refractivity contribution in [3.8, 4) is 0 Å². The maximum absolute atomic E-state index is 11.5. The molecule has 5 heteroatoms. The number of nitrogens with zero attached hydrogens (tertiary/aromatic N) is 1. The molecule has 1 amide bonds. The monoisotopic (exact) mass is 203 g/mol. The van der Waals surface area contributed by atoms with Crippen molar-refractivity contribution >= 4 is 11.9 Å². The lowest BCUT2D eigenvalue weighted by Gasteiger charge is -2.24. The van der Waals surface area contributed by atoms with E-state index in [1.165, 1.54) is 18.9 Å². The number of hydrogen-bond donors (Lipinski definition) is 1. The van der Waals surface area contributed by atoms with Gasteiger partial charge in [-0.1, -0.05) is 0 Å². The van der Waals surface area contributed by atoms with Crippen LogP contribution < -0.4 is 0 Å². The van der Waals surface area contributed by atoms with E-state index in [1.54, 1.807) is 13.8 Å². The molecule has 2 unspecified atom stereocenters. The molecule has 0 aliphatic carbocycles. The predicted molar refractivity (Wildman–Crippen MR) is 51.0 cm³/mol. The van der Waals surface area contributed by atoms with Crippen LogP contribution in [0.5, 0.6) is 0 Å². The Morgan fingerprint density at radius 2 is 1.93 bits per heavy atom. The van der Waals surface area contributed by atoms with Crippen molar-refractivity contribution in [2.75, 3.05) is 13.7 Å². The van der Waals surface area contributed by atoms with Crippen molar-refractivity contribution in [1.82, 2.24) is 4.90 Å². The Kier molecular flexibility index (Phi) is 5.15. The van der Waals surface area contributed by atoms with Gasteiger partial charge in [-0.05, 0) is 20.8 Å². The third-order valence-corrected chi connectivity index (χ3v) is 2.05. The molecule has 5 nitrogen and oxygen atoms in total. The third kappa shape index (κ3) is 3.33. The van der Waals surface area contributed by atoms with Crippen LogP contribution in [-0.2, 0) is 14.3 Å². The largest absolute Gasteiger partial charge is 0.480 e. The molecule has 0 fully saturated rings. The van der Waals surface area contributed by atoms with Gasteiger partial charge in [-0.2, -0.15) is 0 Å². The Morgan fingerprint density at radius 1 is 1.43 bits per heavy atom. The summed E-state index contributed by atoms with van der Waals surface area (Å²) in [5, 5.41) is 8.68. The summed E-state index contributed by atoms with van der Waals surface area (Å²) < 4.78 is 5.07. The van der Waals surface area contributed by atoms with Gasteiger partial charge in [0, 0.05) is 13.7 Å². The van der Waals surface area contributed by atoms with Crippen molar-refractivity contribution in [3.63, 3.8) is 0 Å². The molecule has 0 radical (unpaired) electrons. The molecule has 0 saturated carbocycles. The van der Waals surface area contributed by atoms with Gasteiger partial charge >= 0.3 is 5.97 Å². The summed E-state index contributed by atoms with van der Waals surface area (Å²) in [6, 6.07) is -0.828. The van der Waals surface area contributed by atoms with E-state index in [0.29, 0.717) is 6.61 Å². The molecular weight excluding hydrogens is 186 g/mol. The van der Waals surface area contributed by atoms with Crippen LogP contribution in [-0.4, -0.2) is 47.7 Å². The second kappa shape index (κ2) is 5.59. The fourth-order valence-corrected chi connectivity index (χ4v) is 0.965. The number of likely N-dealkylation sites (N-methyl/N-ethyl adjacent to an activating group) is 1. The normalized spacial score (nSPS) is 14.6. The molecule has 2 atom stereocenters. The zero-order valence-corrected chi connectivity index (χ0v) is 8.98. The quantitative estimate of drug-likeness (QED) is 0.699. The topological polar surface area (TPSA) is 66.8 Å². The van der Waals surface area contributed by atoms with E-state index in [9.17, 15) is 9.59 Å². The summed E-state index contributed by atoms with van der Waals surface area (Å²) >= 11 is 0. The molecule has 1 N–H and O–H groups in total. The number of carboxylic acids is 1. The zero-order valence-electron chi connectivity index (χ0n) is 8.98. The first-order valence-corrected chi connectivity index (χ1v) is 4.52. The van der Waals surface area contributed by atoms with E-state index in [2.05, 4.69) is 0 Å². The molecular formula is C9H17NO4. The van der Waals surface area contributed by atoms with Crippen LogP contribution in [0.4, 0.5) is 0 Å². The molecule has 0 spiro atoms. The molecule has 0 aliphatic rings. The molecule has 0 heterocycles. The van der Waals surface area contributed by atoms with Gasteiger partial charge in [0.1, 0.15) is 12.1 Å². The molecule has 0 aromatic carbocycles. The van der Waals surface area contributed by atoms with E-state index >= 15 is 0 Å². The van der Waals surface area contributed by atoms with Gasteiger partial charge in [-0.25, -0.2) is 4.79 Å². The number of rotatable bonds is 5. The van der Waals surface area contributed by atoms with E-state index in [4.69, 9.17) is 9.84 Å². The van der Waals surface area contributed by atoms with Gasteiger partial charge in [0.2, 0.25) is 0 Å². The Hall–Kier alpha value is -1.10. The minimum atomic E-state index is -1.02. The minimum Gasteiger partial charge on any atom is -0.480 e. The highest BCUT2D eigenvalue weighted by Crippen LogP contribution is 2.02. The molecule has 0 aliphatic heterocycles. The Balaban J connectivity index is 4.30. The van der Waals surface area contributed by atoms with Crippen LogP contribution >= 0.6 is 0 Å². The fourth-order valence-electron chi connectivity index (χ4n) is 0.965. The maximum Gasteiger partial charge on any atom is 0.326 e. The van der Waals surface area contributed by atoms with Crippen molar-refractivity contribution in [3.05, 3.63) is 0 Å². The van der Waals surface area contributed by atoms with Crippen LogP contribution in [0.2, 0.25) is 0 Å². The first-order valence-electron chi connectivity index (χ1n) is 4.52. The van der Waals surface area contributed by atoms with Crippen molar-refractivity contribution < 1.29 is 19.4 Å². The van der Waals surface area contributed by atoms with Crippen molar-refractivity contribution in [2.24, 2.45) is 0 Å². The summed E-state index contributed by atoms with van der Waals surface area (Å²) in [5.74, 6) is -1.34. The second-order valence-electron chi connectivity index (χ2n) is 3.06. The standard InChI is InChI=1S/C9H17NO4/c1-5-14-7(3)8(11)10(4)6(2)9(12)13/h6-7H,5H2,1-4H3,(H,12,13). The summed E-state index contributed by atoms with van der Waals surface area (Å²) in [7, 11) is 1.46. The minimum absolute atomic E-state index is 0.318. The molecule has 0 aromatic heterocycles. The van der Waals surface area contributed by atoms with Crippen LogP contribution in [0, 0.1) is 0 Å². The van der Waals surface area contributed by atoms with Gasteiger partial charge in [-0.3, -0.25) is 4.79 Å². The lowest BCUT2D eigenvalue weighted by Crippen LogP contribution is -2.45. The lowest BCUT2D eigenvalue weighted by molar-refractivity contribution is -0.153. The summed E-state index contributed by atoms with van der Waals surface area (Å²) in [4.78, 5) is 23.3. The van der Waals surface area contributed by atoms with E-state index in [0.717, 1.165) is 0 Å². The lowest BCUT2D eigenvalue weighted by atomic mass is 10.2. The summed E-state index contributed by atoms with van der Waals surface area (Å²) in [5.41, 5.74) is 0. The highest BCUT2D eigenvalue weighted by atomic mass is 16.5. The maximum atomic E-state index is 11.5. The van der Waals surface area contributed by atoms with Crippen molar-refractivity contribution in [1.29, 1.82) is 0 Å². The van der Waals surface area contributed by atoms with Crippen LogP contribution in [0.15, 0.2) is 0 Å². The number of amides is 1. The molecule has 0 saturated heterocycles. The number of hydrogen-bond acceptors (Lipinski definition) is 3. The van der Waals surface area contributed by atoms with Crippen molar-refractivity contribution in [2.45, 2.75) is 32.9 Å². The average Bonchev–Trinajstić information content (AvgIpc) is 2.14. The van der Waals surface area contributed by atoms with Gasteiger partial charge in [0.25, 0.3) is 5.91 Å². The SMILES string of the molecule is CCOC(C)C(=O)N(C)C(C)C(=O)O. The molecule has 14 heavy (non-hydrogen) atoms. The fraction of sp³-hybridized carbons (Fsp3) is 0.778. The van der Waals surface area contributed by atoms with Gasteiger partial charge in [0.05, 0.1) is 0 Å². The molecule has 82 valence electrons. The Bertz CT molecular complexity index is 217. The van der Waals surface area contributed by atoms with Crippen LogP contribution in [0.25, 0.3) is 0 Å². The number of aliphatic carboxylic acids is 1. The highest BCUT2D eigenvalue weighted by molar-refractivity contribution is 5.85. The van der Waals surface area contributed by atoms with Crippen LogP contribution in [0.3, 0.4) is 0 Å². The Morgan fingerprint density at radius 3 is 2.29 bits per heavy atom. The highest BCUT2D eigenvalue weighted by Gasteiger charge is 2.25. The number of carboxylic acid groups (broad SMARTS) is 1. The molecule has 0 rings (SSSR count). The van der Waals surface area contributed by atoms with Gasteiger partial charge < -0.3 is 14.7 Å². The number of carbonyl (C=O) groups is 2. The van der Waals surface area contributed by atoms with E-state index < -0.39 is 18.1 Å². The zero-order chi connectivity index (χ0) is 11.3. The summed E-state index contributed by atoms with van der Waals surface area (Å²) in [6.07, 6.45) is -0.591. The average molecular weight is 203 g/mol. The number of carbonyl (C=O) groups excluding carboxylic acids is 1. The third-order valence-electron chi connectivity index (χ3n) is 2.05. The Labute approximate surface area is 83.6 Å². The van der Waals surface area contributed by atoms with Crippen LogP contribution in [0.1, 0.15) is 20.8 Å². The smallest absolute Gasteiger partial charge is 0.326 e. The van der Waals surface area contributed by atoms with Gasteiger partial charge in [-0.15, -0.1) is 0 Å². The molecule has 0 bridgehead atoms. The second-order valence-corrected chi connectivity index (χ2v) is 3.06. The predicted octanol–water partition coefficient (Wildman–Crippen LogP) is 0.343.